The Bertz CT molecular complexity index is 1200. The molecule has 4 rings (SSSR count). The van der Waals surface area contributed by atoms with E-state index in [9.17, 15) is 9.59 Å². The Morgan fingerprint density at radius 1 is 1.29 bits per heavy atom. The molecule has 1 aliphatic rings. The van der Waals surface area contributed by atoms with Crippen molar-refractivity contribution in [3.8, 4) is 11.4 Å². The molecule has 31 heavy (non-hydrogen) atoms. The van der Waals surface area contributed by atoms with Gasteiger partial charge < -0.3 is 10.2 Å². The van der Waals surface area contributed by atoms with Crippen LogP contribution in [0.2, 0.25) is 5.02 Å². The summed E-state index contributed by atoms with van der Waals surface area (Å²) >= 11 is 11.7. The minimum absolute atomic E-state index is 0.0694. The van der Waals surface area contributed by atoms with Crippen molar-refractivity contribution in [2.75, 3.05) is 16.8 Å². The first-order valence-corrected chi connectivity index (χ1v) is 10.8. The standard InChI is InChI=1S/C22H22ClN5O2S/c1-14-4-2-5-15(12-14)21-25-26-22(31)28(21)11-9-19(29)24-16-7-8-18(17(23)13-16)27-10-3-6-20(27)30/h2,4-5,7-8,12-13H,3,6,9-11H2,1H3,(H,24,29)(H,26,31). The number of aryl methyl sites for hydroxylation is 1. The molecule has 1 fully saturated rings. The first-order chi connectivity index (χ1) is 14.9. The zero-order valence-corrected chi connectivity index (χ0v) is 18.6. The van der Waals surface area contributed by atoms with Crippen molar-refractivity contribution in [1.29, 1.82) is 0 Å². The van der Waals surface area contributed by atoms with E-state index in [1.807, 2.05) is 35.8 Å². The fourth-order valence-corrected chi connectivity index (χ4v) is 4.18. The molecule has 0 atom stereocenters. The molecular formula is C22H22ClN5O2S. The van der Waals surface area contributed by atoms with Crippen molar-refractivity contribution in [3.63, 3.8) is 0 Å². The van der Waals surface area contributed by atoms with Crippen molar-refractivity contribution in [1.82, 2.24) is 14.8 Å². The molecule has 0 spiro atoms. The Morgan fingerprint density at radius 2 is 2.13 bits per heavy atom. The third-order valence-electron chi connectivity index (χ3n) is 5.19. The van der Waals surface area contributed by atoms with Gasteiger partial charge in [0.15, 0.2) is 10.6 Å². The molecule has 2 aromatic carbocycles. The maximum absolute atomic E-state index is 12.5. The number of aromatic amines is 1. The summed E-state index contributed by atoms with van der Waals surface area (Å²) in [5, 5.41) is 10.4. The quantitative estimate of drug-likeness (QED) is 0.526. The van der Waals surface area contributed by atoms with Gasteiger partial charge >= 0.3 is 0 Å². The average molecular weight is 456 g/mol. The minimum atomic E-state index is -0.167. The Morgan fingerprint density at radius 3 is 2.84 bits per heavy atom. The molecule has 0 unspecified atom stereocenters. The number of hydrogen-bond acceptors (Lipinski definition) is 4. The van der Waals surface area contributed by atoms with Crippen LogP contribution >= 0.6 is 23.8 Å². The number of halogens is 1. The zero-order chi connectivity index (χ0) is 22.0. The summed E-state index contributed by atoms with van der Waals surface area (Å²) in [6.45, 7) is 3.07. The van der Waals surface area contributed by atoms with Crippen molar-refractivity contribution in [2.45, 2.75) is 32.7 Å². The van der Waals surface area contributed by atoms with Gasteiger partial charge in [-0.1, -0.05) is 35.4 Å². The van der Waals surface area contributed by atoms with Crippen molar-refractivity contribution in [2.24, 2.45) is 0 Å². The molecule has 9 heteroatoms. The van der Waals surface area contributed by atoms with E-state index >= 15 is 0 Å². The lowest BCUT2D eigenvalue weighted by Gasteiger charge is -2.18. The summed E-state index contributed by atoms with van der Waals surface area (Å²) in [7, 11) is 0. The Balaban J connectivity index is 1.42. The van der Waals surface area contributed by atoms with Crippen LogP contribution in [0.5, 0.6) is 0 Å². The highest BCUT2D eigenvalue weighted by Crippen LogP contribution is 2.31. The van der Waals surface area contributed by atoms with Crippen LogP contribution in [0.15, 0.2) is 42.5 Å². The molecule has 0 aliphatic carbocycles. The molecule has 0 saturated carbocycles. The van der Waals surface area contributed by atoms with Gasteiger partial charge in [0.25, 0.3) is 0 Å². The minimum Gasteiger partial charge on any atom is -0.326 e. The number of hydrogen-bond donors (Lipinski definition) is 2. The maximum Gasteiger partial charge on any atom is 0.227 e. The van der Waals surface area contributed by atoms with Crippen LogP contribution in [0.25, 0.3) is 11.4 Å². The number of benzene rings is 2. The monoisotopic (exact) mass is 455 g/mol. The number of H-pyrrole nitrogens is 1. The lowest BCUT2D eigenvalue weighted by Crippen LogP contribution is -2.24. The van der Waals surface area contributed by atoms with E-state index in [1.54, 1.807) is 23.1 Å². The number of nitrogens with zero attached hydrogens (tertiary/aromatic N) is 3. The molecule has 0 radical (unpaired) electrons. The van der Waals surface area contributed by atoms with Crippen molar-refractivity contribution < 1.29 is 9.59 Å². The predicted octanol–water partition coefficient (Wildman–Crippen LogP) is 4.73. The predicted molar refractivity (Wildman–Crippen MR) is 124 cm³/mol. The van der Waals surface area contributed by atoms with E-state index in [-0.39, 0.29) is 18.2 Å². The molecule has 1 saturated heterocycles. The van der Waals surface area contributed by atoms with E-state index in [4.69, 9.17) is 23.8 Å². The summed E-state index contributed by atoms with van der Waals surface area (Å²) in [6.07, 6.45) is 1.58. The summed E-state index contributed by atoms with van der Waals surface area (Å²) in [4.78, 5) is 26.2. The zero-order valence-electron chi connectivity index (χ0n) is 17.0. The van der Waals surface area contributed by atoms with Crippen molar-refractivity contribution >= 4 is 47.0 Å². The van der Waals surface area contributed by atoms with Gasteiger partial charge in [-0.3, -0.25) is 19.3 Å². The highest BCUT2D eigenvalue weighted by atomic mass is 35.5. The highest BCUT2D eigenvalue weighted by Gasteiger charge is 2.23. The SMILES string of the molecule is Cc1cccc(-c2n[nH]c(=S)n2CCC(=O)Nc2ccc(N3CCCC3=O)c(Cl)c2)c1. The second-order valence-corrected chi connectivity index (χ2v) is 8.28. The fraction of sp³-hybridized carbons (Fsp3) is 0.273. The molecule has 1 aliphatic heterocycles. The molecule has 2 amide bonds. The van der Waals surface area contributed by atoms with Gasteiger partial charge in [-0.25, -0.2) is 0 Å². The molecular weight excluding hydrogens is 434 g/mol. The number of nitrogens with one attached hydrogen (secondary N) is 2. The summed E-state index contributed by atoms with van der Waals surface area (Å²) in [6, 6.07) is 13.2. The van der Waals surface area contributed by atoms with Gasteiger partial charge in [-0.05, 0) is 49.8 Å². The maximum atomic E-state index is 12.5. The lowest BCUT2D eigenvalue weighted by atomic mass is 10.1. The fourth-order valence-electron chi connectivity index (χ4n) is 3.67. The van der Waals surface area contributed by atoms with Gasteiger partial charge in [-0.2, -0.15) is 5.10 Å². The molecule has 2 heterocycles. The third-order valence-corrected chi connectivity index (χ3v) is 5.81. The van der Waals surface area contributed by atoms with E-state index in [2.05, 4.69) is 15.5 Å². The van der Waals surface area contributed by atoms with Crippen molar-refractivity contribution in [3.05, 3.63) is 57.8 Å². The Kier molecular flexibility index (Phi) is 6.20. The Hall–Kier alpha value is -2.97. The molecule has 7 nitrogen and oxygen atoms in total. The van der Waals surface area contributed by atoms with Crippen LogP contribution < -0.4 is 10.2 Å². The largest absolute Gasteiger partial charge is 0.326 e. The van der Waals surface area contributed by atoms with Crippen LogP contribution in [-0.4, -0.2) is 33.1 Å². The van der Waals surface area contributed by atoms with Gasteiger partial charge in [-0.15, -0.1) is 0 Å². The van der Waals surface area contributed by atoms with Gasteiger partial charge in [0.2, 0.25) is 11.8 Å². The number of carbonyl (C=O) groups is 2. The van der Waals surface area contributed by atoms with E-state index in [0.29, 0.717) is 46.5 Å². The van der Waals surface area contributed by atoms with Crippen LogP contribution in [0.1, 0.15) is 24.8 Å². The number of aromatic nitrogens is 3. The molecule has 1 aromatic heterocycles. The second-order valence-electron chi connectivity index (χ2n) is 7.49. The summed E-state index contributed by atoms with van der Waals surface area (Å²) in [5.74, 6) is 0.600. The second kappa shape index (κ2) is 9.03. The van der Waals surface area contributed by atoms with E-state index < -0.39 is 0 Å². The number of amides is 2. The topological polar surface area (TPSA) is 83.0 Å². The number of carbonyl (C=O) groups excluding carboxylic acids is 2. The third kappa shape index (κ3) is 4.70. The van der Waals surface area contributed by atoms with E-state index in [1.165, 1.54) is 0 Å². The first kappa shape index (κ1) is 21.3. The van der Waals surface area contributed by atoms with Gasteiger partial charge in [0, 0.05) is 37.2 Å². The molecule has 2 N–H and O–H groups in total. The van der Waals surface area contributed by atoms with Crippen LogP contribution in [0.3, 0.4) is 0 Å². The smallest absolute Gasteiger partial charge is 0.227 e. The molecule has 160 valence electrons. The van der Waals surface area contributed by atoms with Gasteiger partial charge in [0.05, 0.1) is 10.7 Å². The van der Waals surface area contributed by atoms with E-state index in [0.717, 1.165) is 17.5 Å². The Labute approximate surface area is 190 Å². The first-order valence-electron chi connectivity index (χ1n) is 10.0. The molecule has 0 bridgehead atoms. The summed E-state index contributed by atoms with van der Waals surface area (Å²) in [5.41, 5.74) is 3.31. The molecule has 3 aromatic rings. The van der Waals surface area contributed by atoms with Crippen LogP contribution in [0.4, 0.5) is 11.4 Å². The van der Waals surface area contributed by atoms with Crippen LogP contribution in [-0.2, 0) is 16.1 Å². The van der Waals surface area contributed by atoms with Crippen LogP contribution in [0, 0.1) is 11.7 Å². The highest BCUT2D eigenvalue weighted by molar-refractivity contribution is 7.71. The summed E-state index contributed by atoms with van der Waals surface area (Å²) < 4.78 is 2.28. The average Bonchev–Trinajstić information content (AvgIpc) is 3.32. The van der Waals surface area contributed by atoms with Gasteiger partial charge in [0.1, 0.15) is 0 Å². The number of rotatable bonds is 6. The number of anilines is 2. The lowest BCUT2D eigenvalue weighted by molar-refractivity contribution is -0.117. The normalized spacial score (nSPS) is 13.6.